The lowest BCUT2D eigenvalue weighted by Gasteiger charge is -2.35. The van der Waals surface area contributed by atoms with Gasteiger partial charge in [0, 0.05) is 20.1 Å². The Bertz CT molecular complexity index is 363. The summed E-state index contributed by atoms with van der Waals surface area (Å²) >= 11 is 0. The maximum atomic E-state index is 12.0. The Morgan fingerprint density at radius 2 is 2.06 bits per heavy atom. The van der Waals surface area contributed by atoms with E-state index in [-0.39, 0.29) is 17.7 Å². The van der Waals surface area contributed by atoms with Crippen LogP contribution in [0.25, 0.3) is 0 Å². The highest BCUT2D eigenvalue weighted by Crippen LogP contribution is 2.32. The third-order valence-corrected chi connectivity index (χ3v) is 3.44. The Morgan fingerprint density at radius 3 is 2.69 bits per heavy atom. The van der Waals surface area contributed by atoms with Gasteiger partial charge in [0.15, 0.2) is 0 Å². The van der Waals surface area contributed by atoms with Gasteiger partial charge in [-0.3, -0.25) is 4.79 Å². The van der Waals surface area contributed by atoms with Gasteiger partial charge in [-0.1, -0.05) is 30.3 Å². The summed E-state index contributed by atoms with van der Waals surface area (Å²) in [6.45, 7) is 1.26. The Kier molecular flexibility index (Phi) is 3.25. The fourth-order valence-corrected chi connectivity index (χ4v) is 2.46. The van der Waals surface area contributed by atoms with E-state index in [1.54, 1.807) is 4.90 Å². The number of rotatable bonds is 2. The molecular formula is C13H18N2O. The minimum Gasteiger partial charge on any atom is -0.345 e. The van der Waals surface area contributed by atoms with Crippen molar-refractivity contribution in [2.75, 3.05) is 20.1 Å². The van der Waals surface area contributed by atoms with Crippen molar-refractivity contribution in [3.8, 4) is 0 Å². The first kappa shape index (κ1) is 11.1. The highest BCUT2D eigenvalue weighted by atomic mass is 16.2. The molecule has 1 aromatic carbocycles. The number of hydrogen-bond acceptors (Lipinski definition) is 2. The Labute approximate surface area is 96.2 Å². The molecule has 2 atom stereocenters. The SMILES string of the molecule is CN1CCC(c2ccccc2)C(CN)C1=O. The van der Waals surface area contributed by atoms with Crippen molar-refractivity contribution in [2.24, 2.45) is 11.7 Å². The second-order valence-electron chi connectivity index (χ2n) is 4.41. The first-order chi connectivity index (χ1) is 7.74. The van der Waals surface area contributed by atoms with E-state index in [1.807, 2.05) is 25.2 Å². The van der Waals surface area contributed by atoms with Crippen LogP contribution in [0.15, 0.2) is 30.3 Å². The third kappa shape index (κ3) is 1.95. The van der Waals surface area contributed by atoms with E-state index >= 15 is 0 Å². The first-order valence-electron chi connectivity index (χ1n) is 5.74. The van der Waals surface area contributed by atoms with Crippen LogP contribution < -0.4 is 5.73 Å². The average molecular weight is 218 g/mol. The fraction of sp³-hybridized carbons (Fsp3) is 0.462. The van der Waals surface area contributed by atoms with E-state index in [9.17, 15) is 4.79 Å². The molecule has 0 aromatic heterocycles. The molecule has 0 aliphatic carbocycles. The summed E-state index contributed by atoms with van der Waals surface area (Å²) in [5.41, 5.74) is 6.97. The standard InChI is InChI=1S/C13H18N2O/c1-15-8-7-11(12(9-14)13(15)16)10-5-3-2-4-6-10/h2-6,11-12H,7-9,14H2,1H3. The number of hydrogen-bond donors (Lipinski definition) is 1. The van der Waals surface area contributed by atoms with Gasteiger partial charge in [0.25, 0.3) is 0 Å². The summed E-state index contributed by atoms with van der Waals surface area (Å²) in [6, 6.07) is 10.2. The van der Waals surface area contributed by atoms with E-state index in [0.717, 1.165) is 13.0 Å². The van der Waals surface area contributed by atoms with Crippen LogP contribution in [-0.4, -0.2) is 30.9 Å². The zero-order valence-electron chi connectivity index (χ0n) is 9.60. The molecule has 1 aliphatic heterocycles. The molecule has 3 heteroatoms. The lowest BCUT2D eigenvalue weighted by Crippen LogP contribution is -2.45. The second-order valence-corrected chi connectivity index (χ2v) is 4.41. The molecule has 0 saturated carbocycles. The third-order valence-electron chi connectivity index (χ3n) is 3.44. The van der Waals surface area contributed by atoms with E-state index in [1.165, 1.54) is 5.56 Å². The molecule has 0 bridgehead atoms. The number of carbonyl (C=O) groups is 1. The normalized spacial score (nSPS) is 25.9. The molecule has 0 radical (unpaired) electrons. The van der Waals surface area contributed by atoms with Gasteiger partial charge in [-0.2, -0.15) is 0 Å². The number of benzene rings is 1. The molecule has 1 heterocycles. The van der Waals surface area contributed by atoms with Gasteiger partial charge in [-0.25, -0.2) is 0 Å². The average Bonchev–Trinajstić information content (AvgIpc) is 2.33. The van der Waals surface area contributed by atoms with Crippen LogP contribution in [0.4, 0.5) is 0 Å². The van der Waals surface area contributed by atoms with Crippen LogP contribution in [0.5, 0.6) is 0 Å². The second kappa shape index (κ2) is 4.66. The van der Waals surface area contributed by atoms with Gasteiger partial charge >= 0.3 is 0 Å². The van der Waals surface area contributed by atoms with Crippen molar-refractivity contribution in [1.29, 1.82) is 0 Å². The van der Waals surface area contributed by atoms with Crippen molar-refractivity contribution in [2.45, 2.75) is 12.3 Å². The number of nitrogens with zero attached hydrogens (tertiary/aromatic N) is 1. The van der Waals surface area contributed by atoms with E-state index < -0.39 is 0 Å². The predicted octanol–water partition coefficient (Wildman–Crippen LogP) is 1.21. The number of nitrogens with two attached hydrogens (primary N) is 1. The molecule has 2 rings (SSSR count). The van der Waals surface area contributed by atoms with Crippen LogP contribution in [-0.2, 0) is 4.79 Å². The molecule has 1 aliphatic rings. The first-order valence-corrected chi connectivity index (χ1v) is 5.74. The molecular weight excluding hydrogens is 200 g/mol. The van der Waals surface area contributed by atoms with Crippen LogP contribution in [0.3, 0.4) is 0 Å². The zero-order valence-corrected chi connectivity index (χ0v) is 9.60. The van der Waals surface area contributed by atoms with Gasteiger partial charge in [0.1, 0.15) is 0 Å². The van der Waals surface area contributed by atoms with Crippen LogP contribution in [0.1, 0.15) is 17.9 Å². The van der Waals surface area contributed by atoms with Crippen LogP contribution in [0, 0.1) is 5.92 Å². The predicted molar refractivity (Wildman–Crippen MR) is 64.0 cm³/mol. The van der Waals surface area contributed by atoms with E-state index in [4.69, 9.17) is 5.73 Å². The minimum atomic E-state index is -0.0545. The highest BCUT2D eigenvalue weighted by molar-refractivity contribution is 5.80. The Hall–Kier alpha value is -1.35. The molecule has 86 valence electrons. The molecule has 3 nitrogen and oxygen atoms in total. The fourth-order valence-electron chi connectivity index (χ4n) is 2.46. The Morgan fingerprint density at radius 1 is 1.38 bits per heavy atom. The zero-order chi connectivity index (χ0) is 11.5. The number of carbonyl (C=O) groups excluding carboxylic acids is 1. The topological polar surface area (TPSA) is 46.3 Å². The summed E-state index contributed by atoms with van der Waals surface area (Å²) in [6.07, 6.45) is 1.01. The van der Waals surface area contributed by atoms with E-state index in [0.29, 0.717) is 6.54 Å². The molecule has 2 unspecified atom stereocenters. The maximum absolute atomic E-state index is 12.0. The van der Waals surface area contributed by atoms with Crippen LogP contribution in [0.2, 0.25) is 0 Å². The van der Waals surface area contributed by atoms with Crippen molar-refractivity contribution in [3.63, 3.8) is 0 Å². The monoisotopic (exact) mass is 218 g/mol. The maximum Gasteiger partial charge on any atom is 0.227 e. The number of likely N-dealkylation sites (tertiary alicyclic amines) is 1. The molecule has 1 fully saturated rings. The van der Waals surface area contributed by atoms with Crippen molar-refractivity contribution in [1.82, 2.24) is 4.90 Å². The number of piperidine rings is 1. The van der Waals surface area contributed by atoms with Crippen molar-refractivity contribution in [3.05, 3.63) is 35.9 Å². The summed E-state index contributed by atoms with van der Waals surface area (Å²) in [7, 11) is 1.85. The molecule has 16 heavy (non-hydrogen) atoms. The van der Waals surface area contributed by atoms with Gasteiger partial charge in [-0.15, -0.1) is 0 Å². The van der Waals surface area contributed by atoms with E-state index in [2.05, 4.69) is 12.1 Å². The molecule has 0 spiro atoms. The Balaban J connectivity index is 2.24. The van der Waals surface area contributed by atoms with Gasteiger partial charge in [-0.05, 0) is 17.9 Å². The lowest BCUT2D eigenvalue weighted by molar-refractivity contribution is -0.137. The lowest BCUT2D eigenvalue weighted by atomic mass is 9.80. The summed E-state index contributed by atoms with van der Waals surface area (Å²) in [5, 5.41) is 0. The molecule has 1 saturated heterocycles. The van der Waals surface area contributed by atoms with Crippen molar-refractivity contribution >= 4 is 5.91 Å². The highest BCUT2D eigenvalue weighted by Gasteiger charge is 2.34. The summed E-state index contributed by atoms with van der Waals surface area (Å²) in [4.78, 5) is 13.8. The number of amides is 1. The molecule has 2 N–H and O–H groups in total. The van der Waals surface area contributed by atoms with Gasteiger partial charge in [0.05, 0.1) is 5.92 Å². The van der Waals surface area contributed by atoms with Gasteiger partial charge < -0.3 is 10.6 Å². The smallest absolute Gasteiger partial charge is 0.227 e. The van der Waals surface area contributed by atoms with Crippen LogP contribution >= 0.6 is 0 Å². The summed E-state index contributed by atoms with van der Waals surface area (Å²) in [5.74, 6) is 0.415. The molecule has 1 amide bonds. The summed E-state index contributed by atoms with van der Waals surface area (Å²) < 4.78 is 0. The van der Waals surface area contributed by atoms with Crippen molar-refractivity contribution < 1.29 is 4.79 Å². The molecule has 1 aromatic rings. The largest absolute Gasteiger partial charge is 0.345 e. The van der Waals surface area contributed by atoms with Gasteiger partial charge in [0.2, 0.25) is 5.91 Å². The quantitative estimate of drug-likeness (QED) is 0.811. The minimum absolute atomic E-state index is 0.0545.